The van der Waals surface area contributed by atoms with Crippen molar-refractivity contribution in [3.63, 3.8) is 0 Å². The van der Waals surface area contributed by atoms with Gasteiger partial charge in [-0.15, -0.1) is 0 Å². The fourth-order valence-corrected chi connectivity index (χ4v) is 4.63. The van der Waals surface area contributed by atoms with E-state index in [9.17, 15) is 19.2 Å². The minimum atomic E-state index is -1.20. The molecule has 0 radical (unpaired) electrons. The Hall–Kier alpha value is -4.08. The first-order valence-corrected chi connectivity index (χ1v) is 13.4. The molecule has 1 aliphatic rings. The molecule has 2 aromatic rings. The van der Waals surface area contributed by atoms with Gasteiger partial charge in [-0.2, -0.15) is 0 Å². The maximum atomic E-state index is 13.0. The van der Waals surface area contributed by atoms with Gasteiger partial charge >= 0.3 is 12.2 Å². The summed E-state index contributed by atoms with van der Waals surface area (Å²) >= 11 is 0. The van der Waals surface area contributed by atoms with Crippen LogP contribution in [0.3, 0.4) is 0 Å². The third-order valence-electron chi connectivity index (χ3n) is 6.52. The molecule has 0 aliphatic heterocycles. The van der Waals surface area contributed by atoms with Crippen LogP contribution < -0.4 is 21.3 Å². The number of carbonyl (C=O) groups is 4. The van der Waals surface area contributed by atoms with Gasteiger partial charge in [0.05, 0.1) is 0 Å². The minimum absolute atomic E-state index is 0.0482. The van der Waals surface area contributed by atoms with Crippen LogP contribution in [0.2, 0.25) is 0 Å². The summed E-state index contributed by atoms with van der Waals surface area (Å²) in [6.07, 6.45) is -0.768. The van der Waals surface area contributed by atoms with E-state index in [-0.39, 0.29) is 31.4 Å². The molecular weight excluding hydrogens is 512 g/mol. The van der Waals surface area contributed by atoms with E-state index in [0.29, 0.717) is 6.42 Å². The number of benzene rings is 2. The van der Waals surface area contributed by atoms with E-state index in [1.54, 1.807) is 34.6 Å². The van der Waals surface area contributed by atoms with Crippen LogP contribution in [-0.4, -0.2) is 61.4 Å². The van der Waals surface area contributed by atoms with Crippen molar-refractivity contribution in [3.8, 4) is 11.1 Å². The molecule has 0 unspecified atom stereocenters. The molecule has 4 N–H and O–H groups in total. The predicted molar refractivity (Wildman–Crippen MR) is 152 cm³/mol. The summed E-state index contributed by atoms with van der Waals surface area (Å²) in [5.41, 5.74) is 2.59. The first kappa shape index (κ1) is 30.5. The van der Waals surface area contributed by atoms with Gasteiger partial charge in [-0.05, 0) is 69.7 Å². The number of fused-ring (bicyclic) bond motifs is 3. The molecule has 4 amide bonds. The smallest absolute Gasteiger partial charge is 0.408 e. The number of hydrogen-bond acceptors (Lipinski definition) is 6. The Morgan fingerprint density at radius 2 is 1.45 bits per heavy atom. The number of ether oxygens (including phenoxy) is 2. The molecule has 10 heteroatoms. The summed E-state index contributed by atoms with van der Waals surface area (Å²) < 4.78 is 10.8. The number of alkyl carbamates (subject to hydrolysis) is 2. The van der Waals surface area contributed by atoms with Crippen LogP contribution in [0.5, 0.6) is 0 Å². The van der Waals surface area contributed by atoms with Crippen LogP contribution in [0.25, 0.3) is 11.1 Å². The molecule has 2 aromatic carbocycles. The summed E-state index contributed by atoms with van der Waals surface area (Å²) in [6.45, 7) is 8.69. The van der Waals surface area contributed by atoms with Crippen LogP contribution in [0.15, 0.2) is 48.5 Å². The highest BCUT2D eigenvalue weighted by Gasteiger charge is 2.33. The van der Waals surface area contributed by atoms with E-state index >= 15 is 0 Å². The van der Waals surface area contributed by atoms with Gasteiger partial charge in [0.15, 0.2) is 0 Å². The van der Waals surface area contributed by atoms with E-state index in [4.69, 9.17) is 9.47 Å². The monoisotopic (exact) mass is 552 g/mol. The van der Waals surface area contributed by atoms with Crippen LogP contribution in [0.1, 0.15) is 64.5 Å². The van der Waals surface area contributed by atoms with Crippen molar-refractivity contribution in [2.45, 2.75) is 70.6 Å². The van der Waals surface area contributed by atoms with Crippen molar-refractivity contribution in [2.24, 2.45) is 0 Å². The Kier molecular flexibility index (Phi) is 9.78. The normalized spacial score (nSPS) is 13.3. The zero-order valence-electron chi connectivity index (χ0n) is 24.1. The van der Waals surface area contributed by atoms with E-state index in [1.165, 1.54) is 7.05 Å². The quantitative estimate of drug-likeness (QED) is 0.331. The van der Waals surface area contributed by atoms with Crippen molar-refractivity contribution in [2.75, 3.05) is 20.2 Å². The van der Waals surface area contributed by atoms with Crippen LogP contribution in [-0.2, 0) is 19.1 Å². The lowest BCUT2D eigenvalue weighted by atomic mass is 9.98. The van der Waals surface area contributed by atoms with Crippen LogP contribution in [0.4, 0.5) is 9.59 Å². The van der Waals surface area contributed by atoms with Crippen molar-refractivity contribution < 1.29 is 28.7 Å². The highest BCUT2D eigenvalue weighted by atomic mass is 16.6. The molecule has 40 heavy (non-hydrogen) atoms. The lowest BCUT2D eigenvalue weighted by Gasteiger charge is -2.28. The average molecular weight is 553 g/mol. The number of nitrogens with one attached hydrogen (secondary N) is 4. The molecular formula is C30H40N4O6. The van der Waals surface area contributed by atoms with Gasteiger partial charge in [0, 0.05) is 19.5 Å². The molecule has 0 heterocycles. The topological polar surface area (TPSA) is 135 Å². The third kappa shape index (κ3) is 7.97. The Bertz CT molecular complexity index is 1190. The fourth-order valence-electron chi connectivity index (χ4n) is 4.63. The third-order valence-corrected chi connectivity index (χ3v) is 6.52. The van der Waals surface area contributed by atoms with Gasteiger partial charge in [0.1, 0.15) is 23.8 Å². The second-order valence-electron chi connectivity index (χ2n) is 11.3. The lowest BCUT2D eigenvalue weighted by molar-refractivity contribution is -0.133. The number of carbonyl (C=O) groups excluding carboxylic acids is 4. The SMILES string of the molecule is CNC(=O)C(C)(C)NC(=O)[C@@H](CCCNC(=O)OCC1c2ccccc2-c2ccccc21)NC(=O)OC(C)(C)C. The first-order chi connectivity index (χ1) is 18.8. The van der Waals surface area contributed by atoms with Crippen molar-refractivity contribution in [1.82, 2.24) is 21.3 Å². The van der Waals surface area contributed by atoms with Crippen molar-refractivity contribution in [3.05, 3.63) is 59.7 Å². The number of hydrogen-bond donors (Lipinski definition) is 4. The zero-order chi connectivity index (χ0) is 29.5. The molecule has 0 saturated heterocycles. The number of amides is 4. The Labute approximate surface area is 235 Å². The van der Waals surface area contributed by atoms with Crippen LogP contribution >= 0.6 is 0 Å². The largest absolute Gasteiger partial charge is 0.449 e. The lowest BCUT2D eigenvalue weighted by Crippen LogP contribution is -2.59. The molecule has 0 spiro atoms. The van der Waals surface area contributed by atoms with Gasteiger partial charge in [0.2, 0.25) is 11.8 Å². The van der Waals surface area contributed by atoms with Gasteiger partial charge in [-0.25, -0.2) is 9.59 Å². The number of likely N-dealkylation sites (N-methyl/N-ethyl adjacent to an activating group) is 1. The predicted octanol–water partition coefficient (Wildman–Crippen LogP) is 3.84. The highest BCUT2D eigenvalue weighted by molar-refractivity contribution is 5.93. The average Bonchev–Trinajstić information content (AvgIpc) is 3.21. The maximum Gasteiger partial charge on any atom is 0.408 e. The van der Waals surface area contributed by atoms with E-state index in [1.807, 2.05) is 24.3 Å². The van der Waals surface area contributed by atoms with Crippen molar-refractivity contribution in [1.29, 1.82) is 0 Å². The second-order valence-corrected chi connectivity index (χ2v) is 11.3. The molecule has 0 saturated carbocycles. The van der Waals surface area contributed by atoms with Gasteiger partial charge < -0.3 is 30.7 Å². The van der Waals surface area contributed by atoms with Crippen LogP contribution in [0, 0.1) is 0 Å². The van der Waals surface area contributed by atoms with Gasteiger partial charge in [-0.1, -0.05) is 48.5 Å². The molecule has 10 nitrogen and oxygen atoms in total. The Morgan fingerprint density at radius 3 is 2.00 bits per heavy atom. The molecule has 0 aromatic heterocycles. The summed E-state index contributed by atoms with van der Waals surface area (Å²) in [4.78, 5) is 50.0. The summed E-state index contributed by atoms with van der Waals surface area (Å²) in [5.74, 6) is -0.970. The van der Waals surface area contributed by atoms with Gasteiger partial charge in [-0.3, -0.25) is 9.59 Å². The second kappa shape index (κ2) is 12.8. The first-order valence-electron chi connectivity index (χ1n) is 13.4. The fraction of sp³-hybridized carbons (Fsp3) is 0.467. The molecule has 1 atom stereocenters. The van der Waals surface area contributed by atoms with E-state index in [2.05, 4.69) is 45.5 Å². The molecule has 3 rings (SSSR count). The molecule has 1 aliphatic carbocycles. The minimum Gasteiger partial charge on any atom is -0.449 e. The standard InChI is InChI=1S/C30H40N4O6/c1-29(2,3)40-28(38)33-24(25(35)34-30(4,5)26(36)31-6)16-11-17-32-27(37)39-18-23-21-14-9-7-12-19(21)20-13-8-10-15-22(20)23/h7-10,12-15,23-24H,11,16-18H2,1-6H3,(H,31,36)(H,32,37)(H,33,38)(H,34,35)/t24-/m1/s1. The van der Waals surface area contributed by atoms with E-state index in [0.717, 1.165) is 22.3 Å². The Balaban J connectivity index is 1.53. The van der Waals surface area contributed by atoms with Gasteiger partial charge in [0.25, 0.3) is 0 Å². The summed E-state index contributed by atoms with van der Waals surface area (Å²) in [7, 11) is 1.47. The zero-order valence-corrected chi connectivity index (χ0v) is 24.1. The maximum absolute atomic E-state index is 13.0. The number of rotatable bonds is 10. The summed E-state index contributed by atoms with van der Waals surface area (Å²) in [5, 5.41) is 10.4. The molecule has 216 valence electrons. The molecule has 0 bridgehead atoms. The van der Waals surface area contributed by atoms with E-state index < -0.39 is 35.3 Å². The van der Waals surface area contributed by atoms with Crippen molar-refractivity contribution >= 4 is 24.0 Å². The summed E-state index contributed by atoms with van der Waals surface area (Å²) in [6, 6.07) is 15.2. The molecule has 0 fully saturated rings. The Morgan fingerprint density at radius 1 is 0.875 bits per heavy atom. The highest BCUT2D eigenvalue weighted by Crippen LogP contribution is 2.44.